The average molecular weight is 217 g/mol. The van der Waals surface area contributed by atoms with Crippen LogP contribution in [0, 0.1) is 5.92 Å². The molecule has 3 atom stereocenters. The van der Waals surface area contributed by atoms with E-state index in [0.29, 0.717) is 6.04 Å². The number of benzene rings is 1. The Morgan fingerprint density at radius 3 is 2.62 bits per heavy atom. The molecule has 0 amide bonds. The molecule has 0 aromatic heterocycles. The van der Waals surface area contributed by atoms with Crippen molar-refractivity contribution in [3.05, 3.63) is 35.9 Å². The van der Waals surface area contributed by atoms with Crippen LogP contribution in [0.2, 0.25) is 0 Å². The van der Waals surface area contributed by atoms with Crippen molar-refractivity contribution in [2.45, 2.75) is 51.6 Å². The molecule has 1 saturated carbocycles. The van der Waals surface area contributed by atoms with Crippen LogP contribution in [0.5, 0.6) is 0 Å². The monoisotopic (exact) mass is 217 g/mol. The second-order valence-electron chi connectivity index (χ2n) is 5.27. The van der Waals surface area contributed by atoms with E-state index in [0.717, 1.165) is 12.0 Å². The van der Waals surface area contributed by atoms with Crippen molar-refractivity contribution in [2.75, 3.05) is 0 Å². The molecule has 1 aliphatic carbocycles. The van der Waals surface area contributed by atoms with E-state index in [-0.39, 0.29) is 0 Å². The van der Waals surface area contributed by atoms with E-state index in [1.165, 1.54) is 31.2 Å². The molecule has 1 aromatic carbocycles. The summed E-state index contributed by atoms with van der Waals surface area (Å²) in [5.74, 6) is 0.897. The van der Waals surface area contributed by atoms with Gasteiger partial charge in [-0.05, 0) is 31.2 Å². The minimum absolute atomic E-state index is 0.483. The van der Waals surface area contributed by atoms with Gasteiger partial charge in [-0.15, -0.1) is 0 Å². The molecule has 1 aliphatic rings. The van der Waals surface area contributed by atoms with Gasteiger partial charge in [-0.2, -0.15) is 0 Å². The van der Waals surface area contributed by atoms with E-state index < -0.39 is 0 Å². The molecule has 0 heterocycles. The molecular weight excluding hydrogens is 194 g/mol. The molecule has 0 bridgehead atoms. The van der Waals surface area contributed by atoms with Gasteiger partial charge in [-0.1, -0.05) is 50.1 Å². The highest BCUT2D eigenvalue weighted by Crippen LogP contribution is 2.25. The maximum Gasteiger partial charge on any atom is 0.0294 e. The van der Waals surface area contributed by atoms with E-state index in [1.54, 1.807) is 0 Å². The van der Waals surface area contributed by atoms with Crippen molar-refractivity contribution < 1.29 is 0 Å². The highest BCUT2D eigenvalue weighted by molar-refractivity contribution is 5.18. The fourth-order valence-corrected chi connectivity index (χ4v) is 2.78. The Kier molecular flexibility index (Phi) is 4.00. The van der Waals surface area contributed by atoms with Gasteiger partial charge in [0.05, 0.1) is 0 Å². The Hall–Kier alpha value is -0.820. The van der Waals surface area contributed by atoms with Crippen LogP contribution in [0.4, 0.5) is 0 Å². The van der Waals surface area contributed by atoms with Gasteiger partial charge >= 0.3 is 0 Å². The minimum atomic E-state index is 0.483. The molecule has 88 valence electrons. The first-order valence-electron chi connectivity index (χ1n) is 6.56. The topological polar surface area (TPSA) is 12.0 Å². The Morgan fingerprint density at radius 2 is 1.94 bits per heavy atom. The third-order valence-electron chi connectivity index (χ3n) is 3.72. The van der Waals surface area contributed by atoms with Crippen LogP contribution < -0.4 is 5.32 Å². The Morgan fingerprint density at radius 1 is 1.19 bits per heavy atom. The van der Waals surface area contributed by atoms with E-state index in [2.05, 4.69) is 49.5 Å². The van der Waals surface area contributed by atoms with Gasteiger partial charge in [-0.25, -0.2) is 0 Å². The molecule has 3 unspecified atom stereocenters. The number of hydrogen-bond donors (Lipinski definition) is 1. The van der Waals surface area contributed by atoms with Gasteiger partial charge in [0, 0.05) is 12.1 Å². The van der Waals surface area contributed by atoms with E-state index in [9.17, 15) is 0 Å². The van der Waals surface area contributed by atoms with E-state index in [1.807, 2.05) is 0 Å². The molecule has 1 heteroatoms. The SMILES string of the molecule is CC1CCCC(NC(C)c2ccccc2)C1. The zero-order valence-corrected chi connectivity index (χ0v) is 10.4. The maximum absolute atomic E-state index is 3.77. The first-order valence-corrected chi connectivity index (χ1v) is 6.56. The van der Waals surface area contributed by atoms with Gasteiger partial charge < -0.3 is 5.32 Å². The fraction of sp³-hybridized carbons (Fsp3) is 0.600. The largest absolute Gasteiger partial charge is 0.307 e. The summed E-state index contributed by atoms with van der Waals surface area (Å²) in [5, 5.41) is 3.77. The van der Waals surface area contributed by atoms with Gasteiger partial charge in [-0.3, -0.25) is 0 Å². The molecule has 1 N–H and O–H groups in total. The lowest BCUT2D eigenvalue weighted by Crippen LogP contribution is -2.35. The Bertz CT molecular complexity index is 306. The lowest BCUT2D eigenvalue weighted by molar-refractivity contribution is 0.285. The average Bonchev–Trinajstić information content (AvgIpc) is 2.30. The van der Waals surface area contributed by atoms with Crippen molar-refractivity contribution in [2.24, 2.45) is 5.92 Å². The molecule has 16 heavy (non-hydrogen) atoms. The first-order chi connectivity index (χ1) is 7.75. The highest BCUT2D eigenvalue weighted by atomic mass is 14.9. The van der Waals surface area contributed by atoms with Crippen molar-refractivity contribution >= 4 is 0 Å². The summed E-state index contributed by atoms with van der Waals surface area (Å²) >= 11 is 0. The lowest BCUT2D eigenvalue weighted by atomic mass is 9.86. The summed E-state index contributed by atoms with van der Waals surface area (Å²) < 4.78 is 0. The van der Waals surface area contributed by atoms with Crippen LogP contribution in [0.3, 0.4) is 0 Å². The molecule has 0 radical (unpaired) electrons. The first kappa shape index (κ1) is 11.7. The van der Waals surface area contributed by atoms with Crippen molar-refractivity contribution in [1.82, 2.24) is 5.32 Å². The van der Waals surface area contributed by atoms with Gasteiger partial charge in [0.2, 0.25) is 0 Å². The molecule has 1 aromatic rings. The number of rotatable bonds is 3. The molecule has 1 fully saturated rings. The van der Waals surface area contributed by atoms with Gasteiger partial charge in [0.1, 0.15) is 0 Å². The second-order valence-corrected chi connectivity index (χ2v) is 5.27. The van der Waals surface area contributed by atoms with Crippen LogP contribution in [-0.4, -0.2) is 6.04 Å². The summed E-state index contributed by atoms with van der Waals surface area (Å²) in [6.45, 7) is 4.65. The minimum Gasteiger partial charge on any atom is -0.307 e. The number of hydrogen-bond acceptors (Lipinski definition) is 1. The molecule has 2 rings (SSSR count). The predicted molar refractivity (Wildman–Crippen MR) is 69.4 cm³/mol. The summed E-state index contributed by atoms with van der Waals surface area (Å²) in [6, 6.07) is 12.0. The fourth-order valence-electron chi connectivity index (χ4n) is 2.78. The summed E-state index contributed by atoms with van der Waals surface area (Å²) in [4.78, 5) is 0. The summed E-state index contributed by atoms with van der Waals surface area (Å²) in [6.07, 6.45) is 5.50. The molecular formula is C15H23N. The van der Waals surface area contributed by atoms with E-state index >= 15 is 0 Å². The van der Waals surface area contributed by atoms with Crippen molar-refractivity contribution in [3.8, 4) is 0 Å². The van der Waals surface area contributed by atoms with Crippen molar-refractivity contribution in [1.29, 1.82) is 0 Å². The maximum atomic E-state index is 3.77. The summed E-state index contributed by atoms with van der Waals surface area (Å²) in [7, 11) is 0. The third kappa shape index (κ3) is 3.08. The Balaban J connectivity index is 1.89. The zero-order chi connectivity index (χ0) is 11.4. The molecule has 0 spiro atoms. The number of nitrogens with one attached hydrogen (secondary N) is 1. The quantitative estimate of drug-likeness (QED) is 0.809. The van der Waals surface area contributed by atoms with Crippen LogP contribution in [0.15, 0.2) is 30.3 Å². The van der Waals surface area contributed by atoms with Crippen LogP contribution in [0.25, 0.3) is 0 Å². The lowest BCUT2D eigenvalue weighted by Gasteiger charge is -2.30. The summed E-state index contributed by atoms with van der Waals surface area (Å²) in [5.41, 5.74) is 1.40. The van der Waals surface area contributed by atoms with Gasteiger partial charge in [0.25, 0.3) is 0 Å². The van der Waals surface area contributed by atoms with Crippen LogP contribution in [-0.2, 0) is 0 Å². The second kappa shape index (κ2) is 5.49. The van der Waals surface area contributed by atoms with Crippen molar-refractivity contribution in [3.63, 3.8) is 0 Å². The third-order valence-corrected chi connectivity index (χ3v) is 3.72. The Labute approximate surface area is 99.3 Å². The predicted octanol–water partition coefficient (Wildman–Crippen LogP) is 3.92. The van der Waals surface area contributed by atoms with Gasteiger partial charge in [0.15, 0.2) is 0 Å². The van der Waals surface area contributed by atoms with E-state index in [4.69, 9.17) is 0 Å². The molecule has 0 saturated heterocycles. The molecule has 1 nitrogen and oxygen atoms in total. The standard InChI is InChI=1S/C15H23N/c1-12-7-6-10-15(11-12)16-13(2)14-8-4-3-5-9-14/h3-5,8-9,12-13,15-16H,6-7,10-11H2,1-2H3. The van der Waals surface area contributed by atoms with Crippen LogP contribution in [0.1, 0.15) is 51.1 Å². The smallest absolute Gasteiger partial charge is 0.0294 e. The van der Waals surface area contributed by atoms with Crippen LogP contribution >= 0.6 is 0 Å². The molecule has 0 aliphatic heterocycles. The highest BCUT2D eigenvalue weighted by Gasteiger charge is 2.20. The zero-order valence-electron chi connectivity index (χ0n) is 10.4. The normalized spacial score (nSPS) is 27.6.